The first-order chi connectivity index (χ1) is 18.5. The molecule has 6 rings (SSSR count). The monoisotopic (exact) mass is 531 g/mol. The van der Waals surface area contributed by atoms with Crippen LogP contribution in [0, 0.1) is 5.21 Å². The van der Waals surface area contributed by atoms with Gasteiger partial charge in [0.2, 0.25) is 11.0 Å². The van der Waals surface area contributed by atoms with Crippen LogP contribution >= 0.6 is 0 Å². The van der Waals surface area contributed by atoms with E-state index >= 15 is 0 Å². The van der Waals surface area contributed by atoms with Gasteiger partial charge >= 0.3 is 5.91 Å². The molecule has 2 unspecified atom stereocenters. The number of aliphatic hydroxyl groups is 2. The average Bonchev–Trinajstić information content (AvgIpc) is 3.23. The maximum absolute atomic E-state index is 13.2. The average molecular weight is 532 g/mol. The molecule has 4 aromatic rings. The molecule has 196 valence electrons. The number of hydrogen-bond donors (Lipinski definition) is 3. The zero-order valence-electron chi connectivity index (χ0n) is 20.7. The second-order valence-electron chi connectivity index (χ2n) is 10.1. The van der Waals surface area contributed by atoms with Gasteiger partial charge in [0.25, 0.3) is 0 Å². The van der Waals surface area contributed by atoms with Crippen LogP contribution in [-0.2, 0) is 17.5 Å². The van der Waals surface area contributed by atoms with Gasteiger partial charge in [-0.3, -0.25) is 4.98 Å². The summed E-state index contributed by atoms with van der Waals surface area (Å²) in [7, 11) is -2.11. The van der Waals surface area contributed by atoms with E-state index in [1.807, 2.05) is 22.8 Å². The third-order valence-electron chi connectivity index (χ3n) is 7.80. The van der Waals surface area contributed by atoms with Gasteiger partial charge in [0.1, 0.15) is 12.2 Å². The number of nitrogens with one attached hydrogen (secondary N) is 1. The summed E-state index contributed by atoms with van der Waals surface area (Å²) in [5, 5.41) is 35.7. The Morgan fingerprint density at radius 1 is 1.03 bits per heavy atom. The van der Waals surface area contributed by atoms with E-state index in [1.54, 1.807) is 48.7 Å². The van der Waals surface area contributed by atoms with Crippen molar-refractivity contribution in [1.29, 1.82) is 0 Å². The number of benzene rings is 2. The molecule has 1 aliphatic heterocycles. The molecule has 1 fully saturated rings. The largest absolute Gasteiger partial charge is 0.612 e. The third-order valence-corrected chi connectivity index (χ3v) is 9.02. The highest BCUT2D eigenvalue weighted by Crippen LogP contribution is 2.47. The van der Waals surface area contributed by atoms with Gasteiger partial charge in [-0.05, 0) is 60.7 Å². The highest BCUT2D eigenvalue weighted by Gasteiger charge is 2.35. The van der Waals surface area contributed by atoms with Crippen LogP contribution in [0.2, 0.25) is 0 Å². The Kier molecular flexibility index (Phi) is 6.71. The highest BCUT2D eigenvalue weighted by atomic mass is 32.2. The van der Waals surface area contributed by atoms with Gasteiger partial charge in [0.15, 0.2) is 0 Å². The van der Waals surface area contributed by atoms with E-state index in [2.05, 4.69) is 4.98 Å². The summed E-state index contributed by atoms with van der Waals surface area (Å²) in [5.74, 6) is -0.531. The lowest BCUT2D eigenvalue weighted by Crippen LogP contribution is -3.09. The molecular weight excluding hydrogens is 502 g/mol. The van der Waals surface area contributed by atoms with Crippen LogP contribution in [0.25, 0.3) is 22.2 Å². The molecule has 3 N–H and O–H groups in total. The van der Waals surface area contributed by atoms with E-state index in [4.69, 9.17) is 0 Å². The van der Waals surface area contributed by atoms with Crippen LogP contribution in [0.4, 0.5) is 0 Å². The van der Waals surface area contributed by atoms with Crippen molar-refractivity contribution in [2.45, 2.75) is 61.7 Å². The summed E-state index contributed by atoms with van der Waals surface area (Å²) in [6, 6.07) is 17.1. The van der Waals surface area contributed by atoms with Crippen molar-refractivity contribution in [2.75, 3.05) is 0 Å². The second-order valence-corrected chi connectivity index (χ2v) is 11.5. The lowest BCUT2D eigenvalue weighted by molar-refractivity contribution is -0.600. The zero-order valence-corrected chi connectivity index (χ0v) is 21.6. The number of aliphatic hydroxyl groups excluding tert-OH is 2. The van der Waals surface area contributed by atoms with E-state index in [9.17, 15) is 24.4 Å². The van der Waals surface area contributed by atoms with E-state index in [0.717, 1.165) is 47.9 Å². The molecule has 0 saturated heterocycles. The molecule has 8 nitrogen and oxygen atoms in total. The molecule has 0 radical (unpaired) electrons. The molecule has 4 atom stereocenters. The van der Waals surface area contributed by atoms with Gasteiger partial charge in [-0.15, -0.1) is 0 Å². The minimum absolute atomic E-state index is 0.109. The van der Waals surface area contributed by atoms with Crippen LogP contribution in [-0.4, -0.2) is 36.0 Å². The maximum atomic E-state index is 13.2. The van der Waals surface area contributed by atoms with Crippen LogP contribution in [0.1, 0.15) is 65.7 Å². The Balaban J connectivity index is 1.51. The minimum atomic E-state index is -2.11. The number of carbonyl (C=O) groups excluding carboxylic acids is 1. The Labute approximate surface area is 222 Å². The van der Waals surface area contributed by atoms with E-state index in [1.165, 1.54) is 6.42 Å². The molecule has 9 heteroatoms. The second kappa shape index (κ2) is 10.2. The predicted octanol–water partition coefficient (Wildman–Crippen LogP) is 3.40. The molecule has 1 saturated carbocycles. The van der Waals surface area contributed by atoms with Gasteiger partial charge < -0.3 is 20.0 Å². The molecule has 2 aromatic heterocycles. The third kappa shape index (κ3) is 4.20. The number of carbonyl (C=O) groups is 1. The number of amides is 1. The zero-order chi connectivity index (χ0) is 26.4. The van der Waals surface area contributed by atoms with Crippen LogP contribution in [0.5, 0.6) is 0 Å². The SMILES string of the molecule is O=C(c1ccc2c(C3CCCCC3)c3n(c2c1)C[C@@H](O)[C@@H](O)c1ncccc1-3)[NH+]([O-])S(=O)c1ccccc1. The quantitative estimate of drug-likeness (QED) is 0.347. The molecule has 1 aliphatic carbocycles. The van der Waals surface area contributed by atoms with E-state index < -0.39 is 33.6 Å². The van der Waals surface area contributed by atoms with E-state index in [0.29, 0.717) is 11.2 Å². The number of fused-ring (bicyclic) bond motifs is 5. The van der Waals surface area contributed by atoms with Crippen molar-refractivity contribution in [1.82, 2.24) is 9.55 Å². The molecule has 38 heavy (non-hydrogen) atoms. The van der Waals surface area contributed by atoms with Crippen LogP contribution in [0.15, 0.2) is 71.8 Å². The van der Waals surface area contributed by atoms with Crippen LogP contribution < -0.4 is 4.47 Å². The first kappa shape index (κ1) is 25.1. The first-order valence-electron chi connectivity index (χ1n) is 13.0. The minimum Gasteiger partial charge on any atom is -0.612 e. The number of hydrogen-bond acceptors (Lipinski definition) is 6. The standard InChI is InChI=1S/C29H29N3O5S/c33-24-17-31-23-16-19(29(35)32(36)38(37)20-10-5-2-6-11-20)13-14-21(23)25(18-8-3-1-4-9-18)27(31)22-12-7-15-30-26(22)28(24)34/h2,5-7,10-16,18,24,28,32-34H,1,3-4,8-9,17H2/t24-,28-,38?/m1/s1. The summed E-state index contributed by atoms with van der Waals surface area (Å²) >= 11 is 0. The topological polar surface area (TPSA) is 120 Å². The smallest absolute Gasteiger partial charge is 0.357 e. The van der Waals surface area contributed by atoms with Crippen molar-refractivity contribution in [3.63, 3.8) is 0 Å². The number of nitrogens with zero attached hydrogens (tertiary/aromatic N) is 2. The fourth-order valence-electron chi connectivity index (χ4n) is 5.98. The first-order valence-corrected chi connectivity index (χ1v) is 14.1. The molecule has 3 heterocycles. The fraction of sp³-hybridized carbons (Fsp3) is 0.310. The highest BCUT2D eigenvalue weighted by molar-refractivity contribution is 7.79. The number of hydroxylamine groups is 1. The Morgan fingerprint density at radius 2 is 1.79 bits per heavy atom. The fourth-order valence-corrected chi connectivity index (χ4v) is 6.88. The Morgan fingerprint density at radius 3 is 2.55 bits per heavy atom. The number of quaternary nitrogens is 1. The summed E-state index contributed by atoms with van der Waals surface area (Å²) in [5.41, 5.74) is 4.08. The van der Waals surface area contributed by atoms with Crippen molar-refractivity contribution in [3.8, 4) is 11.3 Å². The van der Waals surface area contributed by atoms with Gasteiger partial charge in [-0.25, -0.2) is 9.26 Å². The molecular formula is C29H29N3O5S. The molecule has 0 spiro atoms. The van der Waals surface area contributed by atoms with Crippen molar-refractivity contribution in [2.24, 2.45) is 0 Å². The van der Waals surface area contributed by atoms with Gasteiger partial charge in [0.05, 0.1) is 28.4 Å². The number of pyridine rings is 1. The van der Waals surface area contributed by atoms with Crippen LogP contribution in [0.3, 0.4) is 0 Å². The summed E-state index contributed by atoms with van der Waals surface area (Å²) in [6.07, 6.45) is 4.86. The summed E-state index contributed by atoms with van der Waals surface area (Å²) in [4.78, 5) is 17.9. The van der Waals surface area contributed by atoms with Crippen molar-refractivity contribution in [3.05, 3.63) is 88.9 Å². The molecule has 0 bridgehead atoms. The van der Waals surface area contributed by atoms with Crippen molar-refractivity contribution < 1.29 is 23.7 Å². The number of rotatable bonds is 4. The lowest BCUT2D eigenvalue weighted by atomic mass is 9.81. The normalized spacial score (nSPS) is 21.3. The van der Waals surface area contributed by atoms with Crippen molar-refractivity contribution >= 4 is 27.8 Å². The van der Waals surface area contributed by atoms with Gasteiger partial charge in [-0.1, -0.05) is 43.5 Å². The summed E-state index contributed by atoms with van der Waals surface area (Å²) in [6.45, 7) is 0.109. The van der Waals surface area contributed by atoms with Gasteiger partial charge in [-0.2, -0.15) is 4.21 Å². The number of aromatic nitrogens is 2. The summed E-state index contributed by atoms with van der Waals surface area (Å²) < 4.78 is 13.8. The van der Waals surface area contributed by atoms with E-state index in [-0.39, 0.29) is 22.9 Å². The maximum Gasteiger partial charge on any atom is 0.357 e. The molecule has 2 aromatic carbocycles. The molecule has 2 aliphatic rings. The predicted molar refractivity (Wildman–Crippen MR) is 143 cm³/mol. The van der Waals surface area contributed by atoms with Gasteiger partial charge in [0, 0.05) is 22.7 Å². The Bertz CT molecular complexity index is 1530. The molecule has 1 amide bonds. The Hall–Kier alpha value is -3.21. The lowest BCUT2D eigenvalue weighted by Gasteiger charge is -2.23.